The normalized spacial score (nSPS) is 12.4. The van der Waals surface area contributed by atoms with Gasteiger partial charge in [0, 0.05) is 16.6 Å². The first-order valence-electron chi connectivity index (χ1n) is 5.21. The van der Waals surface area contributed by atoms with Gasteiger partial charge >= 0.3 is 6.18 Å². The lowest BCUT2D eigenvalue weighted by atomic mass is 10.3. The molecule has 19 heavy (non-hydrogen) atoms. The summed E-state index contributed by atoms with van der Waals surface area (Å²) < 4.78 is 61.6. The minimum atomic E-state index is -4.35. The van der Waals surface area contributed by atoms with Crippen LogP contribution in [-0.4, -0.2) is 20.3 Å². The molecule has 0 bridgehead atoms. The predicted molar refractivity (Wildman–Crippen MR) is 71.3 cm³/mol. The van der Waals surface area contributed by atoms with Gasteiger partial charge in [-0.1, -0.05) is 0 Å². The van der Waals surface area contributed by atoms with Crippen molar-refractivity contribution in [2.75, 3.05) is 16.2 Å². The molecular weight excluding hydrogens is 349 g/mol. The highest BCUT2D eigenvalue weighted by atomic mass is 79.9. The molecule has 0 fully saturated rings. The van der Waals surface area contributed by atoms with Crippen molar-refractivity contribution in [2.45, 2.75) is 19.0 Å². The molecule has 0 aromatic heterocycles. The van der Waals surface area contributed by atoms with E-state index in [1.54, 1.807) is 0 Å². The molecule has 9 heteroatoms. The van der Waals surface area contributed by atoms with Gasteiger partial charge in [-0.3, -0.25) is 4.72 Å². The van der Waals surface area contributed by atoms with Crippen LogP contribution in [-0.2, 0) is 10.0 Å². The number of alkyl halides is 3. The quantitative estimate of drug-likeness (QED) is 0.792. The third-order valence-electron chi connectivity index (χ3n) is 2.13. The molecule has 1 aromatic carbocycles. The molecule has 1 rings (SSSR count). The zero-order valence-electron chi connectivity index (χ0n) is 9.67. The molecular formula is C10H12BrF3N2O2S. The maximum absolute atomic E-state index is 11.9. The average Bonchev–Trinajstić information content (AvgIpc) is 2.20. The van der Waals surface area contributed by atoms with E-state index in [-0.39, 0.29) is 5.69 Å². The first kappa shape index (κ1) is 16.1. The maximum atomic E-state index is 11.9. The average molecular weight is 361 g/mol. The van der Waals surface area contributed by atoms with E-state index in [2.05, 4.69) is 20.7 Å². The van der Waals surface area contributed by atoms with E-state index in [1.165, 1.54) is 18.2 Å². The van der Waals surface area contributed by atoms with Crippen LogP contribution in [0.4, 0.5) is 24.5 Å². The Morgan fingerprint density at radius 2 is 1.95 bits per heavy atom. The molecule has 4 nitrogen and oxygen atoms in total. The Morgan fingerprint density at radius 1 is 1.32 bits per heavy atom. The minimum Gasteiger partial charge on any atom is -0.399 e. The number of hydrogen-bond acceptors (Lipinski definition) is 3. The van der Waals surface area contributed by atoms with Gasteiger partial charge < -0.3 is 5.73 Å². The highest BCUT2D eigenvalue weighted by Gasteiger charge is 2.27. The Morgan fingerprint density at radius 3 is 2.47 bits per heavy atom. The second kappa shape index (κ2) is 6.00. The molecule has 108 valence electrons. The lowest BCUT2D eigenvalue weighted by molar-refractivity contribution is -0.134. The van der Waals surface area contributed by atoms with E-state index in [9.17, 15) is 21.6 Å². The predicted octanol–water partition coefficient (Wildman–Crippen LogP) is 3.12. The van der Waals surface area contributed by atoms with E-state index in [0.29, 0.717) is 10.2 Å². The summed E-state index contributed by atoms with van der Waals surface area (Å²) >= 11 is 3.11. The summed E-state index contributed by atoms with van der Waals surface area (Å²) in [6, 6.07) is 4.41. The fourth-order valence-corrected chi connectivity index (χ4v) is 3.06. The van der Waals surface area contributed by atoms with Crippen molar-refractivity contribution >= 4 is 37.3 Å². The Balaban J connectivity index is 2.64. The van der Waals surface area contributed by atoms with Crippen LogP contribution in [0.1, 0.15) is 12.8 Å². The van der Waals surface area contributed by atoms with Crippen molar-refractivity contribution in [3.63, 3.8) is 0 Å². The van der Waals surface area contributed by atoms with E-state index in [0.717, 1.165) is 0 Å². The van der Waals surface area contributed by atoms with Gasteiger partial charge in [-0.05, 0) is 40.5 Å². The smallest absolute Gasteiger partial charge is 0.389 e. The number of rotatable bonds is 5. The number of benzene rings is 1. The van der Waals surface area contributed by atoms with Gasteiger partial charge in [0.05, 0.1) is 11.4 Å². The van der Waals surface area contributed by atoms with Crippen LogP contribution in [0.2, 0.25) is 0 Å². The van der Waals surface area contributed by atoms with Crippen LogP contribution in [0.15, 0.2) is 22.7 Å². The molecule has 0 aliphatic rings. The third-order valence-corrected chi connectivity index (χ3v) is 4.15. The first-order chi connectivity index (χ1) is 8.59. The molecule has 0 amide bonds. The number of sulfonamides is 1. The number of nitrogens with two attached hydrogens (primary N) is 1. The van der Waals surface area contributed by atoms with Crippen LogP contribution in [0.3, 0.4) is 0 Å². The van der Waals surface area contributed by atoms with Gasteiger partial charge in [0.15, 0.2) is 0 Å². The second-order valence-corrected chi connectivity index (χ2v) is 6.58. The van der Waals surface area contributed by atoms with Gasteiger partial charge in [0.2, 0.25) is 10.0 Å². The molecule has 0 unspecified atom stereocenters. The van der Waals surface area contributed by atoms with Crippen molar-refractivity contribution in [3.8, 4) is 0 Å². The molecule has 0 spiro atoms. The Kier molecular flexibility index (Phi) is 5.08. The summed E-state index contributed by atoms with van der Waals surface area (Å²) in [7, 11) is -3.81. The Hall–Kier alpha value is -0.960. The molecule has 3 N–H and O–H groups in total. The summed E-state index contributed by atoms with van der Waals surface area (Å²) in [4.78, 5) is 0. The molecule has 0 atom stereocenters. The Bertz CT molecular complexity index is 546. The number of nitrogens with one attached hydrogen (secondary N) is 1. The van der Waals surface area contributed by atoms with Gasteiger partial charge in [-0.25, -0.2) is 8.42 Å². The highest BCUT2D eigenvalue weighted by molar-refractivity contribution is 9.10. The summed E-state index contributed by atoms with van der Waals surface area (Å²) in [5.41, 5.74) is 6.16. The standard InChI is InChI=1S/C10H12BrF3N2O2S/c11-8-6-7(15)2-3-9(8)16-19(17,18)5-1-4-10(12,13)14/h2-3,6,16H,1,4-5,15H2. The van der Waals surface area contributed by atoms with Gasteiger partial charge in [-0.15, -0.1) is 0 Å². The SMILES string of the molecule is Nc1ccc(NS(=O)(=O)CCCC(F)(F)F)c(Br)c1. The molecule has 0 saturated heterocycles. The number of nitrogen functional groups attached to an aromatic ring is 1. The lowest BCUT2D eigenvalue weighted by Crippen LogP contribution is -2.19. The fraction of sp³-hybridized carbons (Fsp3) is 0.400. The van der Waals surface area contributed by atoms with E-state index >= 15 is 0 Å². The summed E-state index contributed by atoms with van der Waals surface area (Å²) in [6.07, 6.45) is -5.96. The first-order valence-corrected chi connectivity index (χ1v) is 7.66. The van der Waals surface area contributed by atoms with Crippen LogP contribution in [0.25, 0.3) is 0 Å². The second-order valence-electron chi connectivity index (χ2n) is 3.88. The van der Waals surface area contributed by atoms with Crippen molar-refractivity contribution in [1.82, 2.24) is 0 Å². The lowest BCUT2D eigenvalue weighted by Gasteiger charge is -2.11. The van der Waals surface area contributed by atoms with Gasteiger partial charge in [0.25, 0.3) is 0 Å². The molecule has 0 aliphatic heterocycles. The van der Waals surface area contributed by atoms with Crippen LogP contribution in [0.5, 0.6) is 0 Å². The molecule has 0 heterocycles. The maximum Gasteiger partial charge on any atom is 0.389 e. The summed E-state index contributed by atoms with van der Waals surface area (Å²) in [6.45, 7) is 0. The van der Waals surface area contributed by atoms with Gasteiger partial charge in [-0.2, -0.15) is 13.2 Å². The van der Waals surface area contributed by atoms with Crippen molar-refractivity contribution in [2.24, 2.45) is 0 Å². The zero-order chi connectivity index (χ0) is 14.7. The number of anilines is 2. The van der Waals surface area contributed by atoms with Crippen molar-refractivity contribution in [3.05, 3.63) is 22.7 Å². The molecule has 1 aromatic rings. The van der Waals surface area contributed by atoms with Gasteiger partial charge in [0.1, 0.15) is 0 Å². The highest BCUT2D eigenvalue weighted by Crippen LogP contribution is 2.26. The summed E-state index contributed by atoms with van der Waals surface area (Å²) in [5.74, 6) is -0.594. The molecule has 0 radical (unpaired) electrons. The minimum absolute atomic E-state index is 0.237. The molecule has 0 aliphatic carbocycles. The fourth-order valence-electron chi connectivity index (χ4n) is 1.30. The number of halogens is 4. The number of hydrogen-bond donors (Lipinski definition) is 2. The van der Waals surface area contributed by atoms with Crippen LogP contribution < -0.4 is 10.5 Å². The third kappa shape index (κ3) is 6.15. The van der Waals surface area contributed by atoms with Crippen molar-refractivity contribution in [1.29, 1.82) is 0 Å². The summed E-state index contributed by atoms with van der Waals surface area (Å²) in [5, 5.41) is 0. The van der Waals surface area contributed by atoms with Crippen LogP contribution >= 0.6 is 15.9 Å². The van der Waals surface area contributed by atoms with Crippen LogP contribution in [0, 0.1) is 0 Å². The van der Waals surface area contributed by atoms with E-state index < -0.39 is 34.8 Å². The largest absolute Gasteiger partial charge is 0.399 e. The molecule has 0 saturated carbocycles. The van der Waals surface area contributed by atoms with E-state index in [4.69, 9.17) is 5.73 Å². The monoisotopic (exact) mass is 360 g/mol. The van der Waals surface area contributed by atoms with E-state index in [1.807, 2.05) is 0 Å². The topological polar surface area (TPSA) is 72.2 Å². The zero-order valence-corrected chi connectivity index (χ0v) is 12.1. The van der Waals surface area contributed by atoms with Crippen molar-refractivity contribution < 1.29 is 21.6 Å². The Labute approximate surface area is 117 Å².